The molecule has 0 unspecified atom stereocenters. The number of amides is 2. The number of rotatable bonds is 5. The maximum absolute atomic E-state index is 13.4. The van der Waals surface area contributed by atoms with E-state index in [9.17, 15) is 14.0 Å². The fourth-order valence-corrected chi connectivity index (χ4v) is 2.82. The lowest BCUT2D eigenvalue weighted by Crippen LogP contribution is -2.55. The second-order valence-corrected chi connectivity index (χ2v) is 6.59. The summed E-state index contributed by atoms with van der Waals surface area (Å²) >= 11 is 11.9. The van der Waals surface area contributed by atoms with E-state index >= 15 is 0 Å². The Kier molecular flexibility index (Phi) is 5.64. The Balaban J connectivity index is 1.47. The van der Waals surface area contributed by atoms with Gasteiger partial charge in [-0.1, -0.05) is 41.4 Å². The van der Waals surface area contributed by atoms with E-state index in [1.165, 1.54) is 23.1 Å². The SMILES string of the molecule is O=C(Nc1cccc(Cl)c1Cl)C1CN(C(=O)COc2ccccc2F)C1. The van der Waals surface area contributed by atoms with Crippen molar-refractivity contribution in [3.05, 3.63) is 58.3 Å². The third-order valence-corrected chi connectivity index (χ3v) is 4.82. The van der Waals surface area contributed by atoms with E-state index in [-0.39, 0.29) is 48.2 Å². The highest BCUT2D eigenvalue weighted by Crippen LogP contribution is 2.30. The van der Waals surface area contributed by atoms with Crippen LogP contribution < -0.4 is 10.1 Å². The van der Waals surface area contributed by atoms with Gasteiger partial charge in [-0.2, -0.15) is 0 Å². The van der Waals surface area contributed by atoms with E-state index in [4.69, 9.17) is 27.9 Å². The number of hydrogen-bond donors (Lipinski definition) is 1. The van der Waals surface area contributed by atoms with Crippen molar-refractivity contribution >= 4 is 40.7 Å². The van der Waals surface area contributed by atoms with Crippen LogP contribution in [0.5, 0.6) is 5.75 Å². The van der Waals surface area contributed by atoms with Gasteiger partial charge in [0.1, 0.15) is 0 Å². The molecule has 3 rings (SSSR count). The second kappa shape index (κ2) is 7.93. The molecule has 26 heavy (non-hydrogen) atoms. The number of carbonyl (C=O) groups is 2. The first-order chi connectivity index (χ1) is 12.5. The molecular formula is C18H15Cl2FN2O3. The molecular weight excluding hydrogens is 382 g/mol. The average Bonchev–Trinajstić information content (AvgIpc) is 2.57. The fraction of sp³-hybridized carbons (Fsp3) is 0.222. The van der Waals surface area contributed by atoms with Crippen LogP contribution in [0.3, 0.4) is 0 Å². The van der Waals surface area contributed by atoms with Crippen molar-refractivity contribution < 1.29 is 18.7 Å². The summed E-state index contributed by atoms with van der Waals surface area (Å²) in [5, 5.41) is 3.32. The predicted octanol–water partition coefficient (Wildman–Crippen LogP) is 3.61. The number of nitrogens with one attached hydrogen (secondary N) is 1. The Hall–Kier alpha value is -2.31. The fourth-order valence-electron chi connectivity index (χ4n) is 2.48. The maximum Gasteiger partial charge on any atom is 0.260 e. The van der Waals surface area contributed by atoms with Crippen LogP contribution in [0, 0.1) is 11.7 Å². The normalized spacial score (nSPS) is 13.9. The number of ether oxygens (including phenoxy) is 1. The quantitative estimate of drug-likeness (QED) is 0.839. The maximum atomic E-state index is 13.4. The van der Waals surface area contributed by atoms with E-state index in [0.29, 0.717) is 10.7 Å². The monoisotopic (exact) mass is 396 g/mol. The minimum absolute atomic E-state index is 0.0197. The van der Waals surface area contributed by atoms with Gasteiger partial charge in [0.25, 0.3) is 5.91 Å². The molecule has 0 atom stereocenters. The van der Waals surface area contributed by atoms with Gasteiger partial charge in [-0.05, 0) is 24.3 Å². The summed E-state index contributed by atoms with van der Waals surface area (Å²) in [5.74, 6) is -1.40. The summed E-state index contributed by atoms with van der Waals surface area (Å²) in [6.45, 7) is 0.252. The molecule has 0 aliphatic carbocycles. The highest BCUT2D eigenvalue weighted by atomic mass is 35.5. The van der Waals surface area contributed by atoms with Crippen molar-refractivity contribution in [1.82, 2.24) is 4.90 Å². The Morgan fingerprint density at radius 3 is 2.62 bits per heavy atom. The first-order valence-corrected chi connectivity index (χ1v) is 8.61. The van der Waals surface area contributed by atoms with Gasteiger partial charge in [0.2, 0.25) is 5.91 Å². The summed E-state index contributed by atoms with van der Waals surface area (Å²) in [7, 11) is 0. The molecule has 1 saturated heterocycles. The number of anilines is 1. The van der Waals surface area contributed by atoms with E-state index in [0.717, 1.165) is 0 Å². The molecule has 0 spiro atoms. The van der Waals surface area contributed by atoms with E-state index in [2.05, 4.69) is 5.32 Å². The second-order valence-electron chi connectivity index (χ2n) is 5.81. The van der Waals surface area contributed by atoms with Gasteiger partial charge in [-0.15, -0.1) is 0 Å². The number of halogens is 3. The third-order valence-electron chi connectivity index (χ3n) is 4.00. The first kappa shape index (κ1) is 18.5. The molecule has 5 nitrogen and oxygen atoms in total. The summed E-state index contributed by atoms with van der Waals surface area (Å²) < 4.78 is 18.6. The molecule has 0 radical (unpaired) electrons. The Bertz CT molecular complexity index is 841. The van der Waals surface area contributed by atoms with Gasteiger partial charge in [0.05, 0.1) is 21.7 Å². The van der Waals surface area contributed by atoms with Crippen LogP contribution in [-0.2, 0) is 9.59 Å². The lowest BCUT2D eigenvalue weighted by Gasteiger charge is -2.38. The Morgan fingerprint density at radius 1 is 1.15 bits per heavy atom. The van der Waals surface area contributed by atoms with E-state index < -0.39 is 5.82 Å². The number of benzene rings is 2. The van der Waals surface area contributed by atoms with Crippen LogP contribution >= 0.6 is 23.2 Å². The molecule has 1 N–H and O–H groups in total. The smallest absolute Gasteiger partial charge is 0.260 e. The molecule has 8 heteroatoms. The number of para-hydroxylation sites is 1. The van der Waals surface area contributed by atoms with Crippen molar-refractivity contribution in [2.45, 2.75) is 0 Å². The van der Waals surface area contributed by atoms with Gasteiger partial charge in [-0.25, -0.2) is 4.39 Å². The average molecular weight is 397 g/mol. The van der Waals surface area contributed by atoms with Crippen molar-refractivity contribution in [3.63, 3.8) is 0 Å². The summed E-state index contributed by atoms with van der Waals surface area (Å²) in [5.41, 5.74) is 0.428. The highest BCUT2D eigenvalue weighted by Gasteiger charge is 2.36. The van der Waals surface area contributed by atoms with E-state index in [1.54, 1.807) is 24.3 Å². The van der Waals surface area contributed by atoms with Crippen LogP contribution in [-0.4, -0.2) is 36.4 Å². The Labute approximate surface area is 159 Å². The Morgan fingerprint density at radius 2 is 1.88 bits per heavy atom. The van der Waals surface area contributed by atoms with Crippen LogP contribution in [0.2, 0.25) is 10.0 Å². The van der Waals surface area contributed by atoms with Gasteiger partial charge < -0.3 is 15.0 Å². The zero-order valence-electron chi connectivity index (χ0n) is 13.5. The van der Waals surface area contributed by atoms with Gasteiger partial charge in [0, 0.05) is 13.1 Å². The van der Waals surface area contributed by atoms with Crippen molar-refractivity contribution in [1.29, 1.82) is 0 Å². The summed E-state index contributed by atoms with van der Waals surface area (Å²) in [6, 6.07) is 10.8. The van der Waals surface area contributed by atoms with E-state index in [1.807, 2.05) is 0 Å². The molecule has 1 fully saturated rings. The molecule has 0 aromatic heterocycles. The van der Waals surface area contributed by atoms with Crippen molar-refractivity contribution in [3.8, 4) is 5.75 Å². The van der Waals surface area contributed by atoms with Crippen molar-refractivity contribution in [2.24, 2.45) is 5.92 Å². The van der Waals surface area contributed by atoms with Crippen LogP contribution in [0.1, 0.15) is 0 Å². The third kappa shape index (κ3) is 4.08. The lowest BCUT2D eigenvalue weighted by molar-refractivity contribution is -0.143. The molecule has 1 aliphatic rings. The summed E-state index contributed by atoms with van der Waals surface area (Å²) in [4.78, 5) is 25.7. The number of hydrogen-bond acceptors (Lipinski definition) is 3. The minimum atomic E-state index is -0.528. The van der Waals surface area contributed by atoms with Crippen LogP contribution in [0.15, 0.2) is 42.5 Å². The van der Waals surface area contributed by atoms with Gasteiger partial charge in [0.15, 0.2) is 18.2 Å². The largest absolute Gasteiger partial charge is 0.481 e. The van der Waals surface area contributed by atoms with Crippen molar-refractivity contribution in [2.75, 3.05) is 25.0 Å². The zero-order valence-corrected chi connectivity index (χ0v) is 15.1. The topological polar surface area (TPSA) is 58.6 Å². The molecule has 2 aromatic carbocycles. The molecule has 0 bridgehead atoms. The zero-order chi connectivity index (χ0) is 18.7. The highest BCUT2D eigenvalue weighted by molar-refractivity contribution is 6.44. The molecule has 136 valence electrons. The van der Waals surface area contributed by atoms with Gasteiger partial charge >= 0.3 is 0 Å². The van der Waals surface area contributed by atoms with Gasteiger partial charge in [-0.3, -0.25) is 9.59 Å². The standard InChI is InChI=1S/C18H15Cl2FN2O3/c19-12-4-3-6-14(17(12)20)22-18(25)11-8-23(9-11)16(24)10-26-15-7-2-1-5-13(15)21/h1-7,11H,8-10H2,(H,22,25). The van der Waals surface area contributed by atoms with Crippen LogP contribution in [0.25, 0.3) is 0 Å². The van der Waals surface area contributed by atoms with Crippen LogP contribution in [0.4, 0.5) is 10.1 Å². The number of nitrogens with zero attached hydrogens (tertiary/aromatic N) is 1. The minimum Gasteiger partial charge on any atom is -0.481 e. The summed E-state index contributed by atoms with van der Waals surface area (Å²) in [6.07, 6.45) is 0. The number of likely N-dealkylation sites (tertiary alicyclic amines) is 1. The molecule has 1 heterocycles. The molecule has 0 saturated carbocycles. The molecule has 2 aromatic rings. The molecule has 2 amide bonds. The number of carbonyl (C=O) groups excluding carboxylic acids is 2. The predicted molar refractivity (Wildman–Crippen MR) is 97.1 cm³/mol. The lowest BCUT2D eigenvalue weighted by atomic mass is 9.99. The first-order valence-electron chi connectivity index (χ1n) is 7.85. The molecule has 1 aliphatic heterocycles.